The third-order valence-corrected chi connectivity index (χ3v) is 6.86. The standard InChI is InChI=1S/C29H35ClN4O2.CH2O3.ClH/c1-20-9-7-16-31-27(20)23-13-15-25(29(35)32-22-10-5-4-6-11-22)33-28(23)21-12-14-24(30)26(19-21)36-18-8-17-34(2)3;2-1(3)4;/h7,9,12-16,19,22H,4-6,8,10-11,17-18H2,1-3H3,(H,32,35);(H2,2,3,4);1H. The second-order valence-corrected chi connectivity index (χ2v) is 10.4. The van der Waals surface area contributed by atoms with Gasteiger partial charge in [0.25, 0.3) is 5.91 Å². The van der Waals surface area contributed by atoms with Crippen molar-refractivity contribution in [2.75, 3.05) is 27.2 Å². The van der Waals surface area contributed by atoms with Crippen LogP contribution in [-0.2, 0) is 0 Å². The van der Waals surface area contributed by atoms with Crippen LogP contribution in [0, 0.1) is 6.92 Å². The molecule has 1 aliphatic carbocycles. The molecule has 1 amide bonds. The SMILES string of the molecule is Cc1cccnc1-c1ccc(C(=O)NC2CCCCC2)nc1-c1ccc(Cl)c(OCCCN(C)C)c1.Cl.O=C(O)O. The number of rotatable bonds is 9. The van der Waals surface area contributed by atoms with Gasteiger partial charge < -0.3 is 25.2 Å². The van der Waals surface area contributed by atoms with E-state index >= 15 is 0 Å². The van der Waals surface area contributed by atoms with Crippen LogP contribution >= 0.6 is 24.0 Å². The molecule has 0 unspecified atom stereocenters. The highest BCUT2D eigenvalue weighted by Gasteiger charge is 2.20. The molecular weight excluding hydrogens is 567 g/mol. The van der Waals surface area contributed by atoms with Crippen LogP contribution in [0.3, 0.4) is 0 Å². The van der Waals surface area contributed by atoms with Gasteiger partial charge in [0.1, 0.15) is 11.4 Å². The van der Waals surface area contributed by atoms with Crippen molar-refractivity contribution in [2.45, 2.75) is 51.5 Å². The van der Waals surface area contributed by atoms with Gasteiger partial charge in [-0.05, 0) is 76.2 Å². The maximum absolute atomic E-state index is 13.1. The van der Waals surface area contributed by atoms with E-state index in [1.54, 1.807) is 12.3 Å². The molecule has 0 radical (unpaired) electrons. The number of hydrogen-bond acceptors (Lipinski definition) is 6. The first-order valence-electron chi connectivity index (χ1n) is 13.4. The first-order chi connectivity index (χ1) is 19.2. The van der Waals surface area contributed by atoms with Gasteiger partial charge in [-0.1, -0.05) is 43.0 Å². The molecule has 0 aliphatic heterocycles. The molecule has 3 N–H and O–H groups in total. The highest BCUT2D eigenvalue weighted by molar-refractivity contribution is 6.32. The maximum atomic E-state index is 13.1. The van der Waals surface area contributed by atoms with E-state index in [4.69, 9.17) is 36.3 Å². The Bertz CT molecular complexity index is 1300. The van der Waals surface area contributed by atoms with Crippen LogP contribution in [0.25, 0.3) is 22.5 Å². The number of aromatic nitrogens is 2. The first-order valence-corrected chi connectivity index (χ1v) is 13.8. The second-order valence-electron chi connectivity index (χ2n) is 10.0. The molecule has 0 saturated heterocycles. The first kappa shape index (κ1) is 33.8. The van der Waals surface area contributed by atoms with Gasteiger partial charge in [0.2, 0.25) is 0 Å². The predicted molar refractivity (Wildman–Crippen MR) is 164 cm³/mol. The Labute approximate surface area is 252 Å². The number of carbonyl (C=O) groups excluding carboxylic acids is 1. The number of amides is 1. The average Bonchev–Trinajstić information content (AvgIpc) is 2.92. The summed E-state index contributed by atoms with van der Waals surface area (Å²) in [5, 5.41) is 17.7. The fourth-order valence-electron chi connectivity index (χ4n) is 4.59. The summed E-state index contributed by atoms with van der Waals surface area (Å²) >= 11 is 6.47. The molecule has 1 saturated carbocycles. The molecule has 41 heavy (non-hydrogen) atoms. The van der Waals surface area contributed by atoms with Crippen molar-refractivity contribution in [2.24, 2.45) is 0 Å². The van der Waals surface area contributed by atoms with E-state index in [-0.39, 0.29) is 24.4 Å². The topological polar surface area (TPSA) is 125 Å². The summed E-state index contributed by atoms with van der Waals surface area (Å²) in [5.41, 5.74) is 4.65. The van der Waals surface area contributed by atoms with Crippen LogP contribution in [0.15, 0.2) is 48.7 Å². The minimum atomic E-state index is -1.83. The van der Waals surface area contributed by atoms with Crippen LogP contribution in [-0.4, -0.2) is 70.4 Å². The molecule has 1 aromatic carbocycles. The van der Waals surface area contributed by atoms with Gasteiger partial charge in [-0.3, -0.25) is 9.78 Å². The number of aryl methyl sites for hydroxylation is 1. The molecule has 2 aromatic heterocycles. The van der Waals surface area contributed by atoms with Crippen LogP contribution < -0.4 is 10.1 Å². The quantitative estimate of drug-likeness (QED) is 0.227. The zero-order valence-corrected chi connectivity index (χ0v) is 25.2. The van der Waals surface area contributed by atoms with Crippen molar-refractivity contribution in [1.82, 2.24) is 20.2 Å². The number of benzene rings is 1. The minimum absolute atomic E-state index is 0. The Kier molecular flexibility index (Phi) is 13.8. The van der Waals surface area contributed by atoms with E-state index in [9.17, 15) is 4.79 Å². The number of carboxylic acid groups (broad SMARTS) is 2. The van der Waals surface area contributed by atoms with Crippen LogP contribution in [0.4, 0.5) is 4.79 Å². The Morgan fingerprint density at radius 2 is 1.78 bits per heavy atom. The van der Waals surface area contributed by atoms with E-state index < -0.39 is 6.16 Å². The van der Waals surface area contributed by atoms with Gasteiger partial charge >= 0.3 is 6.16 Å². The van der Waals surface area contributed by atoms with Crippen LogP contribution in [0.5, 0.6) is 5.75 Å². The van der Waals surface area contributed by atoms with Crippen LogP contribution in [0.1, 0.15) is 54.6 Å². The van der Waals surface area contributed by atoms with E-state index in [0.29, 0.717) is 28.8 Å². The van der Waals surface area contributed by atoms with Crippen molar-refractivity contribution in [3.05, 3.63) is 64.9 Å². The van der Waals surface area contributed by atoms with E-state index in [1.807, 2.05) is 57.4 Å². The number of halogens is 2. The molecule has 1 fully saturated rings. The Hall–Kier alpha value is -3.40. The van der Waals surface area contributed by atoms with Gasteiger partial charge in [0.15, 0.2) is 0 Å². The number of carbonyl (C=O) groups is 2. The molecule has 0 atom stereocenters. The van der Waals surface area contributed by atoms with Gasteiger partial charge in [-0.15, -0.1) is 12.4 Å². The lowest BCUT2D eigenvalue weighted by molar-refractivity contribution is 0.0922. The maximum Gasteiger partial charge on any atom is 0.503 e. The normalized spacial score (nSPS) is 13.0. The summed E-state index contributed by atoms with van der Waals surface area (Å²) in [6.45, 7) is 3.52. The van der Waals surface area contributed by atoms with Gasteiger partial charge in [-0.2, -0.15) is 0 Å². The zero-order valence-electron chi connectivity index (χ0n) is 23.6. The monoisotopic (exact) mass is 604 g/mol. The molecule has 4 rings (SSSR count). The summed E-state index contributed by atoms with van der Waals surface area (Å²) < 4.78 is 6.02. The summed E-state index contributed by atoms with van der Waals surface area (Å²) in [6, 6.07) is 13.5. The largest absolute Gasteiger partial charge is 0.503 e. The number of nitrogens with zero attached hydrogens (tertiary/aromatic N) is 3. The van der Waals surface area contributed by atoms with Crippen molar-refractivity contribution in [1.29, 1.82) is 0 Å². The predicted octanol–water partition coefficient (Wildman–Crippen LogP) is 6.81. The van der Waals surface area contributed by atoms with Crippen molar-refractivity contribution in [3.8, 4) is 28.3 Å². The molecular formula is C30H38Cl2N4O5. The highest BCUT2D eigenvalue weighted by atomic mass is 35.5. The third-order valence-electron chi connectivity index (χ3n) is 6.54. The molecule has 9 nitrogen and oxygen atoms in total. The molecule has 222 valence electrons. The number of hydrogen-bond donors (Lipinski definition) is 3. The summed E-state index contributed by atoms with van der Waals surface area (Å²) in [6.07, 6.45) is 6.43. The smallest absolute Gasteiger partial charge is 0.492 e. The highest BCUT2D eigenvalue weighted by Crippen LogP contribution is 2.36. The molecule has 0 bridgehead atoms. The van der Waals surface area contributed by atoms with E-state index in [0.717, 1.165) is 61.0 Å². The molecule has 1 aliphatic rings. The Balaban J connectivity index is 0.00000110. The van der Waals surface area contributed by atoms with Crippen molar-refractivity contribution >= 4 is 36.1 Å². The van der Waals surface area contributed by atoms with Crippen molar-refractivity contribution in [3.63, 3.8) is 0 Å². The van der Waals surface area contributed by atoms with E-state index in [2.05, 4.69) is 15.2 Å². The Morgan fingerprint density at radius 3 is 2.44 bits per heavy atom. The number of nitrogens with one attached hydrogen (secondary N) is 1. The van der Waals surface area contributed by atoms with Gasteiger partial charge in [0.05, 0.1) is 23.0 Å². The number of pyridine rings is 2. The minimum Gasteiger partial charge on any atom is -0.492 e. The lowest BCUT2D eigenvalue weighted by atomic mass is 9.95. The summed E-state index contributed by atoms with van der Waals surface area (Å²) in [7, 11) is 4.08. The molecule has 2 heterocycles. The van der Waals surface area contributed by atoms with Crippen molar-refractivity contribution < 1.29 is 24.5 Å². The molecule has 11 heteroatoms. The summed E-state index contributed by atoms with van der Waals surface area (Å²) in [4.78, 5) is 33.3. The summed E-state index contributed by atoms with van der Waals surface area (Å²) in [5.74, 6) is 0.469. The lowest BCUT2D eigenvalue weighted by Crippen LogP contribution is -2.36. The average molecular weight is 606 g/mol. The molecule has 0 spiro atoms. The molecule has 3 aromatic rings. The number of ether oxygens (including phenoxy) is 1. The Morgan fingerprint density at radius 1 is 1.07 bits per heavy atom. The lowest BCUT2D eigenvalue weighted by Gasteiger charge is -2.22. The van der Waals surface area contributed by atoms with Gasteiger partial charge in [-0.25, -0.2) is 9.78 Å². The van der Waals surface area contributed by atoms with Crippen LogP contribution in [0.2, 0.25) is 5.02 Å². The zero-order chi connectivity index (χ0) is 29.1. The fourth-order valence-corrected chi connectivity index (χ4v) is 4.77. The second kappa shape index (κ2) is 16.8. The third kappa shape index (κ3) is 10.5. The fraction of sp³-hybridized carbons (Fsp3) is 0.400. The van der Waals surface area contributed by atoms with E-state index in [1.165, 1.54) is 6.42 Å². The van der Waals surface area contributed by atoms with Gasteiger partial charge in [0, 0.05) is 29.9 Å².